The van der Waals surface area contributed by atoms with E-state index in [-0.39, 0.29) is 0 Å². The van der Waals surface area contributed by atoms with Crippen molar-refractivity contribution in [3.63, 3.8) is 0 Å². The highest BCUT2D eigenvalue weighted by molar-refractivity contribution is 6.24. The molecule has 52 valence electrons. The quantitative estimate of drug-likeness (QED) is 0.564. The normalized spacial score (nSPS) is 14.2. The number of hydrogen-bond acceptors (Lipinski definition) is 2. The number of rotatable bonds is 2. The van der Waals surface area contributed by atoms with Gasteiger partial charge in [0.15, 0.2) is 0 Å². The van der Waals surface area contributed by atoms with Crippen LogP contribution in [0.5, 0.6) is 0 Å². The highest BCUT2D eigenvalue weighted by Gasteiger charge is 1.93. The molecule has 0 amide bonds. The molecule has 0 aromatic carbocycles. The average molecular weight is 167 g/mol. The highest BCUT2D eigenvalue weighted by Crippen LogP contribution is 1.94. The van der Waals surface area contributed by atoms with E-state index >= 15 is 0 Å². The second-order valence-electron chi connectivity index (χ2n) is 1.82. The van der Waals surface area contributed by atoms with Gasteiger partial charge < -0.3 is 0 Å². The molecule has 0 aromatic heterocycles. The second kappa shape index (κ2) is 4.77. The van der Waals surface area contributed by atoms with Gasteiger partial charge in [-0.15, -0.1) is 0 Å². The summed E-state index contributed by atoms with van der Waals surface area (Å²) < 4.78 is 6.85. The molecule has 0 aromatic rings. The van der Waals surface area contributed by atoms with Crippen LogP contribution in [0, 0.1) is 0 Å². The van der Waals surface area contributed by atoms with Gasteiger partial charge in [0.25, 0.3) is 0 Å². The van der Waals surface area contributed by atoms with Gasteiger partial charge in [-0.1, -0.05) is 0 Å². The lowest BCUT2D eigenvalue weighted by Crippen LogP contribution is -1.97. The smallest absolute Gasteiger partial charge is 0.0364 e. The first kappa shape index (κ1) is 8.92. The molecule has 0 radical (unpaired) electrons. The third kappa shape index (κ3) is 4.43. The van der Waals surface area contributed by atoms with E-state index in [2.05, 4.69) is 9.02 Å². The van der Waals surface area contributed by atoms with Crippen molar-refractivity contribution in [2.45, 2.75) is 20.3 Å². The summed E-state index contributed by atoms with van der Waals surface area (Å²) in [4.78, 5) is 0. The van der Waals surface area contributed by atoms with Gasteiger partial charge in [0.05, 0.1) is 0 Å². The van der Waals surface area contributed by atoms with Crippen molar-refractivity contribution in [3.05, 3.63) is 0 Å². The predicted octanol–water partition coefficient (Wildman–Crippen LogP) is 2.61. The van der Waals surface area contributed by atoms with Crippen molar-refractivity contribution in [3.8, 4) is 0 Å². The zero-order valence-corrected chi connectivity index (χ0v) is 6.87. The Morgan fingerprint density at radius 1 is 1.11 bits per heavy atom. The van der Waals surface area contributed by atoms with E-state index in [1.54, 1.807) is 0 Å². The molecule has 0 unspecified atom stereocenters. The first-order valence-corrected chi connectivity index (χ1v) is 3.17. The summed E-state index contributed by atoms with van der Waals surface area (Å²) in [5.74, 6) is 0. The van der Waals surface area contributed by atoms with E-state index in [1.165, 1.54) is 0 Å². The Balaban J connectivity index is 3.75. The van der Waals surface area contributed by atoms with Gasteiger partial charge in [0.1, 0.15) is 0 Å². The van der Waals surface area contributed by atoms with E-state index in [0.717, 1.165) is 11.4 Å². The summed E-state index contributed by atoms with van der Waals surface area (Å²) in [6.45, 7) is 3.64. The minimum atomic E-state index is 0.646. The lowest BCUT2D eigenvalue weighted by molar-refractivity contribution is 1.46. The summed E-state index contributed by atoms with van der Waals surface area (Å²) in [5.41, 5.74) is 1.64. The van der Waals surface area contributed by atoms with E-state index in [0.29, 0.717) is 6.42 Å². The summed E-state index contributed by atoms with van der Waals surface area (Å²) in [7, 11) is 0. The number of hydrogen-bond donors (Lipinski definition) is 0. The molecule has 0 saturated carbocycles. The molecule has 0 rings (SSSR count). The van der Waals surface area contributed by atoms with Gasteiger partial charge in [-0.05, 0) is 13.8 Å². The monoisotopic (exact) mass is 166 g/mol. The summed E-state index contributed by atoms with van der Waals surface area (Å²) >= 11 is 10.3. The van der Waals surface area contributed by atoms with Crippen LogP contribution >= 0.6 is 23.6 Å². The maximum atomic E-state index is 5.14. The minimum absolute atomic E-state index is 0.646. The molecule has 0 aliphatic rings. The van der Waals surface area contributed by atoms with Crippen LogP contribution in [0.2, 0.25) is 0 Å². The minimum Gasteiger partial charge on any atom is -0.187 e. The van der Waals surface area contributed by atoms with Crippen molar-refractivity contribution in [2.24, 2.45) is 9.02 Å². The molecule has 0 fully saturated rings. The molecular weight excluding hydrogens is 159 g/mol. The Morgan fingerprint density at radius 2 is 1.44 bits per heavy atom. The van der Waals surface area contributed by atoms with Crippen molar-refractivity contribution in [1.82, 2.24) is 0 Å². The molecule has 0 heterocycles. The zero-order chi connectivity index (χ0) is 7.28. The molecule has 0 aliphatic carbocycles. The zero-order valence-electron chi connectivity index (χ0n) is 5.36. The predicted molar refractivity (Wildman–Crippen MR) is 42.5 cm³/mol. The fourth-order valence-electron chi connectivity index (χ4n) is 0.430. The SMILES string of the molecule is CC(CC(C)=NCl)=NCl. The maximum Gasteiger partial charge on any atom is 0.0364 e. The van der Waals surface area contributed by atoms with Gasteiger partial charge in [0, 0.05) is 41.4 Å². The van der Waals surface area contributed by atoms with Crippen LogP contribution in [0.1, 0.15) is 20.3 Å². The van der Waals surface area contributed by atoms with Crippen LogP contribution in [0.25, 0.3) is 0 Å². The highest BCUT2D eigenvalue weighted by atomic mass is 35.5. The molecule has 0 bridgehead atoms. The lowest BCUT2D eigenvalue weighted by atomic mass is 10.2. The molecule has 0 N–H and O–H groups in total. The van der Waals surface area contributed by atoms with E-state index in [9.17, 15) is 0 Å². The van der Waals surface area contributed by atoms with Crippen LogP contribution < -0.4 is 0 Å². The first-order chi connectivity index (χ1) is 4.20. The molecule has 0 spiro atoms. The van der Waals surface area contributed by atoms with Gasteiger partial charge in [-0.3, -0.25) is 0 Å². The van der Waals surface area contributed by atoms with Gasteiger partial charge in [-0.2, -0.15) is 9.02 Å². The maximum absolute atomic E-state index is 5.14. The van der Waals surface area contributed by atoms with Crippen LogP contribution in [-0.2, 0) is 0 Å². The van der Waals surface area contributed by atoms with Crippen LogP contribution in [0.4, 0.5) is 0 Å². The Morgan fingerprint density at radius 3 is 1.67 bits per heavy atom. The Kier molecular flexibility index (Phi) is 4.72. The van der Waals surface area contributed by atoms with Gasteiger partial charge in [0.2, 0.25) is 0 Å². The lowest BCUT2D eigenvalue weighted by Gasteiger charge is -1.92. The molecule has 0 atom stereocenters. The fourth-order valence-corrected chi connectivity index (χ4v) is 0.550. The van der Waals surface area contributed by atoms with Gasteiger partial charge in [-0.25, -0.2) is 0 Å². The van der Waals surface area contributed by atoms with Crippen molar-refractivity contribution < 1.29 is 0 Å². The fraction of sp³-hybridized carbons (Fsp3) is 0.600. The van der Waals surface area contributed by atoms with E-state index < -0.39 is 0 Å². The summed E-state index contributed by atoms with van der Waals surface area (Å²) in [5, 5.41) is 0. The molecule has 4 heteroatoms. The molecule has 0 saturated heterocycles. The Hall–Kier alpha value is -0.0800. The van der Waals surface area contributed by atoms with Crippen LogP contribution in [0.15, 0.2) is 9.02 Å². The standard InChI is InChI=1S/C5H8Cl2N2/c1-4(8-6)3-5(2)9-7/h3H2,1-2H3. The second-order valence-corrected chi connectivity index (χ2v) is 2.15. The average Bonchev–Trinajstić information content (AvgIpc) is 1.87. The Bertz CT molecular complexity index is 124. The van der Waals surface area contributed by atoms with Crippen LogP contribution in [0.3, 0.4) is 0 Å². The Labute approximate surface area is 64.8 Å². The van der Waals surface area contributed by atoms with Crippen LogP contribution in [-0.4, -0.2) is 11.4 Å². The topological polar surface area (TPSA) is 24.7 Å². The molecule has 2 nitrogen and oxygen atoms in total. The number of halogens is 2. The first-order valence-electron chi connectivity index (χ1n) is 2.49. The largest absolute Gasteiger partial charge is 0.187 e. The number of nitrogens with zero attached hydrogens (tertiary/aromatic N) is 2. The summed E-state index contributed by atoms with van der Waals surface area (Å²) in [6, 6.07) is 0. The van der Waals surface area contributed by atoms with Crippen molar-refractivity contribution in [2.75, 3.05) is 0 Å². The third-order valence-electron chi connectivity index (χ3n) is 0.800. The van der Waals surface area contributed by atoms with Crippen molar-refractivity contribution in [1.29, 1.82) is 0 Å². The third-order valence-corrected chi connectivity index (χ3v) is 1.38. The van der Waals surface area contributed by atoms with Gasteiger partial charge >= 0.3 is 0 Å². The molecule has 0 aliphatic heterocycles. The molecule has 9 heavy (non-hydrogen) atoms. The van der Waals surface area contributed by atoms with E-state index in [4.69, 9.17) is 23.6 Å². The van der Waals surface area contributed by atoms with E-state index in [1.807, 2.05) is 13.8 Å². The molecular formula is C5H8Cl2N2. The summed E-state index contributed by atoms with van der Waals surface area (Å²) in [6.07, 6.45) is 0.646. The van der Waals surface area contributed by atoms with Crippen molar-refractivity contribution >= 4 is 35.0 Å².